The minimum absolute atomic E-state index is 0.743. The van der Waals surface area contributed by atoms with Crippen molar-refractivity contribution in [2.75, 3.05) is 6.61 Å². The zero-order valence-corrected chi connectivity index (χ0v) is 11.5. The van der Waals surface area contributed by atoms with Gasteiger partial charge in [0.25, 0.3) is 0 Å². The van der Waals surface area contributed by atoms with Crippen LogP contribution in [0.25, 0.3) is 0 Å². The van der Waals surface area contributed by atoms with Crippen LogP contribution in [0.4, 0.5) is 0 Å². The van der Waals surface area contributed by atoms with E-state index in [0.29, 0.717) is 0 Å². The first-order chi connectivity index (χ1) is 8.30. The Morgan fingerprint density at radius 3 is 2.29 bits per heavy atom. The molecule has 0 aliphatic heterocycles. The van der Waals surface area contributed by atoms with E-state index >= 15 is 0 Å². The number of hydrogen-bond acceptors (Lipinski definition) is 1. The lowest BCUT2D eigenvalue weighted by atomic mass is 9.92. The van der Waals surface area contributed by atoms with E-state index < -0.39 is 0 Å². The molecule has 0 saturated heterocycles. The van der Waals surface area contributed by atoms with Gasteiger partial charge in [-0.25, -0.2) is 0 Å². The van der Waals surface area contributed by atoms with Crippen LogP contribution in [-0.2, 0) is 6.42 Å². The van der Waals surface area contributed by atoms with Crippen LogP contribution in [0, 0.1) is 5.92 Å². The van der Waals surface area contributed by atoms with Crippen LogP contribution < -0.4 is 4.74 Å². The molecule has 0 aliphatic carbocycles. The lowest BCUT2D eigenvalue weighted by Gasteiger charge is -2.14. The van der Waals surface area contributed by atoms with E-state index in [9.17, 15) is 0 Å². The largest absolute Gasteiger partial charge is 0.494 e. The summed E-state index contributed by atoms with van der Waals surface area (Å²) in [5, 5.41) is 0. The van der Waals surface area contributed by atoms with E-state index in [1.165, 1.54) is 37.7 Å². The van der Waals surface area contributed by atoms with Gasteiger partial charge in [0.2, 0.25) is 0 Å². The van der Waals surface area contributed by atoms with Crippen molar-refractivity contribution in [1.82, 2.24) is 0 Å². The van der Waals surface area contributed by atoms with Crippen molar-refractivity contribution >= 4 is 0 Å². The van der Waals surface area contributed by atoms with Crippen LogP contribution in [0.15, 0.2) is 24.3 Å². The summed E-state index contributed by atoms with van der Waals surface area (Å²) in [5.41, 5.74) is 1.44. The predicted octanol–water partition coefficient (Wildman–Crippen LogP) is 4.84. The van der Waals surface area contributed by atoms with Gasteiger partial charge in [-0.2, -0.15) is 0 Å². The second kappa shape index (κ2) is 8.16. The molecule has 0 heterocycles. The van der Waals surface area contributed by atoms with Crippen molar-refractivity contribution in [1.29, 1.82) is 0 Å². The molecule has 1 nitrogen and oxygen atoms in total. The molecule has 0 bridgehead atoms. The highest BCUT2D eigenvalue weighted by molar-refractivity contribution is 5.27. The van der Waals surface area contributed by atoms with Gasteiger partial charge in [0.15, 0.2) is 0 Å². The zero-order chi connectivity index (χ0) is 12.5. The standard InChI is InChI=1S/C16H26O/c1-4-7-8-14(5-2)13-15-9-11-16(12-10-15)17-6-3/h9-12,14H,4-8,13H2,1-3H3. The summed E-state index contributed by atoms with van der Waals surface area (Å²) in [6.07, 6.45) is 6.52. The van der Waals surface area contributed by atoms with Crippen LogP contribution >= 0.6 is 0 Å². The van der Waals surface area contributed by atoms with Crippen molar-refractivity contribution in [2.24, 2.45) is 5.92 Å². The molecule has 17 heavy (non-hydrogen) atoms. The fourth-order valence-corrected chi connectivity index (χ4v) is 2.17. The van der Waals surface area contributed by atoms with Crippen molar-refractivity contribution in [3.63, 3.8) is 0 Å². The highest BCUT2D eigenvalue weighted by Crippen LogP contribution is 2.20. The summed E-state index contributed by atoms with van der Waals surface area (Å²) >= 11 is 0. The van der Waals surface area contributed by atoms with Gasteiger partial charge in [-0.1, -0.05) is 51.7 Å². The first kappa shape index (κ1) is 14.1. The van der Waals surface area contributed by atoms with Gasteiger partial charge in [0, 0.05) is 0 Å². The van der Waals surface area contributed by atoms with E-state index in [2.05, 4.69) is 38.1 Å². The number of unbranched alkanes of at least 4 members (excludes halogenated alkanes) is 1. The maximum Gasteiger partial charge on any atom is 0.119 e. The normalized spacial score (nSPS) is 12.4. The molecule has 0 amide bonds. The highest BCUT2D eigenvalue weighted by atomic mass is 16.5. The molecule has 0 aromatic heterocycles. The number of rotatable bonds is 8. The molecule has 0 radical (unpaired) electrons. The highest BCUT2D eigenvalue weighted by Gasteiger charge is 2.07. The van der Waals surface area contributed by atoms with Crippen molar-refractivity contribution in [3.05, 3.63) is 29.8 Å². The smallest absolute Gasteiger partial charge is 0.119 e. The monoisotopic (exact) mass is 234 g/mol. The fraction of sp³-hybridized carbons (Fsp3) is 0.625. The maximum atomic E-state index is 5.46. The van der Waals surface area contributed by atoms with Gasteiger partial charge in [-0.05, 0) is 37.0 Å². The maximum absolute atomic E-state index is 5.46. The molecule has 1 heteroatoms. The van der Waals surface area contributed by atoms with Crippen LogP contribution in [-0.4, -0.2) is 6.61 Å². The van der Waals surface area contributed by atoms with E-state index in [-0.39, 0.29) is 0 Å². The van der Waals surface area contributed by atoms with E-state index in [1.54, 1.807) is 0 Å². The fourth-order valence-electron chi connectivity index (χ4n) is 2.17. The van der Waals surface area contributed by atoms with Gasteiger partial charge < -0.3 is 4.74 Å². The van der Waals surface area contributed by atoms with Crippen LogP contribution in [0.3, 0.4) is 0 Å². The topological polar surface area (TPSA) is 9.23 Å². The molecule has 1 aromatic carbocycles. The van der Waals surface area contributed by atoms with Gasteiger partial charge in [-0.3, -0.25) is 0 Å². The molecular formula is C16H26O. The SMILES string of the molecule is CCCCC(CC)Cc1ccc(OCC)cc1. The molecule has 1 rings (SSSR count). The molecule has 0 aliphatic rings. The van der Waals surface area contributed by atoms with Crippen LogP contribution in [0.1, 0.15) is 52.0 Å². The molecule has 0 saturated carbocycles. The molecule has 1 atom stereocenters. The average Bonchev–Trinajstić information content (AvgIpc) is 2.37. The van der Waals surface area contributed by atoms with Gasteiger partial charge in [-0.15, -0.1) is 0 Å². The first-order valence-corrected chi connectivity index (χ1v) is 7.01. The Morgan fingerprint density at radius 1 is 1.06 bits per heavy atom. The second-order valence-corrected chi connectivity index (χ2v) is 4.70. The minimum Gasteiger partial charge on any atom is -0.494 e. The van der Waals surface area contributed by atoms with Crippen molar-refractivity contribution in [3.8, 4) is 5.75 Å². The van der Waals surface area contributed by atoms with Gasteiger partial charge >= 0.3 is 0 Å². The molecule has 96 valence electrons. The number of hydrogen-bond donors (Lipinski definition) is 0. The summed E-state index contributed by atoms with van der Waals surface area (Å²) in [5.74, 6) is 1.82. The average molecular weight is 234 g/mol. The summed E-state index contributed by atoms with van der Waals surface area (Å²) < 4.78 is 5.46. The number of benzene rings is 1. The van der Waals surface area contributed by atoms with Crippen molar-refractivity contribution < 1.29 is 4.74 Å². The lowest BCUT2D eigenvalue weighted by Crippen LogP contribution is -2.03. The third kappa shape index (κ3) is 5.25. The third-order valence-electron chi connectivity index (χ3n) is 3.30. The summed E-state index contributed by atoms with van der Waals surface area (Å²) in [6.45, 7) is 7.33. The Morgan fingerprint density at radius 2 is 1.76 bits per heavy atom. The van der Waals surface area contributed by atoms with Crippen LogP contribution in [0.5, 0.6) is 5.75 Å². The molecule has 0 fully saturated rings. The summed E-state index contributed by atoms with van der Waals surface area (Å²) in [4.78, 5) is 0. The van der Waals surface area contributed by atoms with E-state index in [1.807, 2.05) is 6.92 Å². The third-order valence-corrected chi connectivity index (χ3v) is 3.30. The van der Waals surface area contributed by atoms with Gasteiger partial charge in [0.05, 0.1) is 6.61 Å². The van der Waals surface area contributed by atoms with E-state index in [0.717, 1.165) is 18.3 Å². The summed E-state index contributed by atoms with van der Waals surface area (Å²) in [7, 11) is 0. The lowest BCUT2D eigenvalue weighted by molar-refractivity contribution is 0.340. The van der Waals surface area contributed by atoms with Gasteiger partial charge in [0.1, 0.15) is 5.75 Å². The molecule has 1 unspecified atom stereocenters. The first-order valence-electron chi connectivity index (χ1n) is 7.01. The summed E-state index contributed by atoms with van der Waals surface area (Å²) in [6, 6.07) is 8.59. The Hall–Kier alpha value is -0.980. The Bertz CT molecular complexity index is 289. The quantitative estimate of drug-likeness (QED) is 0.625. The number of ether oxygens (including phenoxy) is 1. The minimum atomic E-state index is 0.743. The molecular weight excluding hydrogens is 208 g/mol. The van der Waals surface area contributed by atoms with Crippen molar-refractivity contribution in [2.45, 2.75) is 52.9 Å². The Balaban J connectivity index is 2.48. The molecule has 0 N–H and O–H groups in total. The zero-order valence-electron chi connectivity index (χ0n) is 11.5. The molecule has 1 aromatic rings. The van der Waals surface area contributed by atoms with E-state index in [4.69, 9.17) is 4.74 Å². The Labute approximate surface area is 106 Å². The van der Waals surface area contributed by atoms with Crippen LogP contribution in [0.2, 0.25) is 0 Å². The molecule has 0 spiro atoms. The predicted molar refractivity (Wildman–Crippen MR) is 74.6 cm³/mol. The Kier molecular flexibility index (Phi) is 6.76. The second-order valence-electron chi connectivity index (χ2n) is 4.70.